The maximum absolute atomic E-state index is 11.1. The second kappa shape index (κ2) is 7.24. The largest absolute Gasteiger partial charge is 0.379 e. The third-order valence-corrected chi connectivity index (χ3v) is 3.65. The van der Waals surface area contributed by atoms with E-state index in [1.807, 2.05) is 13.0 Å². The Morgan fingerprint density at radius 1 is 1.40 bits per heavy atom. The molecule has 5 heteroatoms. The van der Waals surface area contributed by atoms with Crippen LogP contribution in [0.5, 0.6) is 0 Å². The average molecular weight is 278 g/mol. The van der Waals surface area contributed by atoms with E-state index in [0.29, 0.717) is 18.4 Å². The summed E-state index contributed by atoms with van der Waals surface area (Å²) in [5, 5.41) is 14.3. The third kappa shape index (κ3) is 3.70. The van der Waals surface area contributed by atoms with Crippen LogP contribution in [0.15, 0.2) is 18.2 Å². The van der Waals surface area contributed by atoms with E-state index >= 15 is 0 Å². The molecule has 0 atom stereocenters. The van der Waals surface area contributed by atoms with Crippen LogP contribution in [0.2, 0.25) is 0 Å². The lowest BCUT2D eigenvalue weighted by Gasteiger charge is -2.15. The molecule has 0 unspecified atom stereocenters. The molecule has 1 aromatic carbocycles. The van der Waals surface area contributed by atoms with Crippen molar-refractivity contribution in [3.05, 3.63) is 33.9 Å². The Labute approximate surface area is 119 Å². The van der Waals surface area contributed by atoms with Crippen LogP contribution in [0.3, 0.4) is 0 Å². The van der Waals surface area contributed by atoms with Crippen LogP contribution < -0.4 is 5.32 Å². The molecule has 0 aliphatic heterocycles. The van der Waals surface area contributed by atoms with E-state index in [-0.39, 0.29) is 10.6 Å². The highest BCUT2D eigenvalue weighted by atomic mass is 16.6. The average Bonchev–Trinajstić information content (AvgIpc) is 2.96. The van der Waals surface area contributed by atoms with Gasteiger partial charge in [0, 0.05) is 18.2 Å². The van der Waals surface area contributed by atoms with Crippen molar-refractivity contribution in [2.24, 2.45) is 0 Å². The highest BCUT2D eigenvalue weighted by Crippen LogP contribution is 2.30. The SMILES string of the molecule is CCCNc1c(COC2CCCC2)cccc1[N+](=O)[O-]. The van der Waals surface area contributed by atoms with E-state index < -0.39 is 0 Å². The molecule has 1 N–H and O–H groups in total. The maximum Gasteiger partial charge on any atom is 0.292 e. The highest BCUT2D eigenvalue weighted by Gasteiger charge is 2.19. The van der Waals surface area contributed by atoms with Gasteiger partial charge in [0.25, 0.3) is 5.69 Å². The smallest absolute Gasteiger partial charge is 0.292 e. The molecule has 1 aliphatic rings. The Morgan fingerprint density at radius 3 is 2.80 bits per heavy atom. The lowest BCUT2D eigenvalue weighted by molar-refractivity contribution is -0.384. The van der Waals surface area contributed by atoms with E-state index in [4.69, 9.17) is 4.74 Å². The van der Waals surface area contributed by atoms with Gasteiger partial charge in [-0.25, -0.2) is 0 Å². The number of anilines is 1. The monoisotopic (exact) mass is 278 g/mol. The number of rotatable bonds is 7. The molecule has 0 saturated heterocycles. The fourth-order valence-electron chi connectivity index (χ4n) is 2.58. The highest BCUT2D eigenvalue weighted by molar-refractivity contribution is 5.66. The predicted octanol–water partition coefficient (Wildman–Crippen LogP) is 3.88. The van der Waals surface area contributed by atoms with Crippen molar-refractivity contribution in [2.75, 3.05) is 11.9 Å². The topological polar surface area (TPSA) is 64.4 Å². The zero-order valence-corrected chi connectivity index (χ0v) is 11.9. The van der Waals surface area contributed by atoms with Crippen LogP contribution in [-0.4, -0.2) is 17.6 Å². The number of benzene rings is 1. The van der Waals surface area contributed by atoms with Crippen LogP contribution in [0, 0.1) is 10.1 Å². The number of nitrogens with zero attached hydrogens (tertiary/aromatic N) is 1. The summed E-state index contributed by atoms with van der Waals surface area (Å²) < 4.78 is 5.88. The fraction of sp³-hybridized carbons (Fsp3) is 0.600. The second-order valence-corrected chi connectivity index (χ2v) is 5.21. The molecular weight excluding hydrogens is 256 g/mol. The molecule has 5 nitrogen and oxygen atoms in total. The Kier molecular flexibility index (Phi) is 5.35. The number of nitro groups is 1. The lowest BCUT2D eigenvalue weighted by atomic mass is 10.1. The zero-order valence-electron chi connectivity index (χ0n) is 11.9. The van der Waals surface area contributed by atoms with E-state index in [9.17, 15) is 10.1 Å². The van der Waals surface area contributed by atoms with E-state index in [1.54, 1.807) is 6.07 Å². The minimum Gasteiger partial charge on any atom is -0.379 e. The summed E-state index contributed by atoms with van der Waals surface area (Å²) in [7, 11) is 0. The number of nitro benzene ring substituents is 1. The van der Waals surface area contributed by atoms with E-state index in [1.165, 1.54) is 18.9 Å². The van der Waals surface area contributed by atoms with Crippen molar-refractivity contribution in [2.45, 2.75) is 51.7 Å². The number of ether oxygens (including phenoxy) is 1. The molecule has 0 amide bonds. The number of nitrogens with one attached hydrogen (secondary N) is 1. The molecular formula is C15H22N2O3. The van der Waals surface area contributed by atoms with E-state index in [0.717, 1.165) is 31.4 Å². The predicted molar refractivity (Wildman–Crippen MR) is 78.9 cm³/mol. The minimum atomic E-state index is -0.336. The first-order chi connectivity index (χ1) is 9.72. The Bertz CT molecular complexity index is 456. The van der Waals surface area contributed by atoms with Crippen molar-refractivity contribution < 1.29 is 9.66 Å². The number of para-hydroxylation sites is 1. The van der Waals surface area contributed by atoms with Crippen LogP contribution >= 0.6 is 0 Å². The molecule has 0 bridgehead atoms. The van der Waals surface area contributed by atoms with Gasteiger partial charge in [0.1, 0.15) is 5.69 Å². The van der Waals surface area contributed by atoms with Gasteiger partial charge in [0.2, 0.25) is 0 Å². The number of hydrogen-bond donors (Lipinski definition) is 1. The van der Waals surface area contributed by atoms with Gasteiger partial charge in [-0.05, 0) is 19.3 Å². The Hall–Kier alpha value is -1.62. The molecule has 0 radical (unpaired) electrons. The second-order valence-electron chi connectivity index (χ2n) is 5.21. The van der Waals surface area contributed by atoms with Crippen molar-refractivity contribution >= 4 is 11.4 Å². The summed E-state index contributed by atoms with van der Waals surface area (Å²) in [6, 6.07) is 5.17. The van der Waals surface area contributed by atoms with Gasteiger partial charge in [-0.15, -0.1) is 0 Å². The van der Waals surface area contributed by atoms with Gasteiger partial charge in [0.05, 0.1) is 17.6 Å². The van der Waals surface area contributed by atoms with Crippen LogP contribution in [0.1, 0.15) is 44.6 Å². The number of hydrogen-bond acceptors (Lipinski definition) is 4. The lowest BCUT2D eigenvalue weighted by Crippen LogP contribution is -2.11. The molecule has 0 aromatic heterocycles. The van der Waals surface area contributed by atoms with Crippen molar-refractivity contribution in [1.82, 2.24) is 0 Å². The molecule has 1 aliphatic carbocycles. The molecule has 1 aromatic rings. The fourth-order valence-corrected chi connectivity index (χ4v) is 2.58. The standard InChI is InChI=1S/C15H22N2O3/c1-2-10-16-15-12(6-5-9-14(15)17(18)19)11-20-13-7-3-4-8-13/h5-6,9,13,16H,2-4,7-8,10-11H2,1H3. The minimum absolute atomic E-state index is 0.131. The van der Waals surface area contributed by atoms with Crippen LogP contribution in [0.4, 0.5) is 11.4 Å². The molecule has 1 saturated carbocycles. The normalized spacial score (nSPS) is 15.4. The Morgan fingerprint density at radius 2 is 2.15 bits per heavy atom. The summed E-state index contributed by atoms with van der Waals surface area (Å²) in [6.07, 6.45) is 5.89. The summed E-state index contributed by atoms with van der Waals surface area (Å²) in [5.41, 5.74) is 1.61. The summed E-state index contributed by atoms with van der Waals surface area (Å²) in [4.78, 5) is 10.8. The van der Waals surface area contributed by atoms with E-state index in [2.05, 4.69) is 5.32 Å². The maximum atomic E-state index is 11.1. The molecule has 0 spiro atoms. The Balaban J connectivity index is 2.12. The first-order valence-electron chi connectivity index (χ1n) is 7.34. The van der Waals surface area contributed by atoms with Gasteiger partial charge in [0.15, 0.2) is 0 Å². The van der Waals surface area contributed by atoms with Crippen molar-refractivity contribution in [3.8, 4) is 0 Å². The van der Waals surface area contributed by atoms with Gasteiger partial charge in [-0.3, -0.25) is 10.1 Å². The summed E-state index contributed by atoms with van der Waals surface area (Å²) >= 11 is 0. The summed E-state index contributed by atoms with van der Waals surface area (Å²) in [6.45, 7) is 3.20. The molecule has 2 rings (SSSR count). The van der Waals surface area contributed by atoms with Gasteiger partial charge in [-0.2, -0.15) is 0 Å². The van der Waals surface area contributed by atoms with Crippen LogP contribution in [-0.2, 0) is 11.3 Å². The first-order valence-corrected chi connectivity index (χ1v) is 7.34. The first kappa shape index (κ1) is 14.8. The van der Waals surface area contributed by atoms with Crippen LogP contribution in [0.25, 0.3) is 0 Å². The van der Waals surface area contributed by atoms with Crippen molar-refractivity contribution in [1.29, 1.82) is 0 Å². The van der Waals surface area contributed by atoms with Gasteiger partial charge < -0.3 is 10.1 Å². The third-order valence-electron chi connectivity index (χ3n) is 3.65. The molecule has 0 heterocycles. The van der Waals surface area contributed by atoms with Gasteiger partial charge >= 0.3 is 0 Å². The summed E-state index contributed by atoms with van der Waals surface area (Å²) in [5.74, 6) is 0. The zero-order chi connectivity index (χ0) is 14.4. The molecule has 20 heavy (non-hydrogen) atoms. The molecule has 110 valence electrons. The molecule has 1 fully saturated rings. The van der Waals surface area contributed by atoms with Gasteiger partial charge in [-0.1, -0.05) is 31.9 Å². The van der Waals surface area contributed by atoms with Crippen molar-refractivity contribution in [3.63, 3.8) is 0 Å². The quantitative estimate of drug-likeness (QED) is 0.607.